The van der Waals surface area contributed by atoms with Crippen LogP contribution >= 0.6 is 0 Å². The summed E-state index contributed by atoms with van der Waals surface area (Å²) in [4.78, 5) is 22.6. The van der Waals surface area contributed by atoms with Gasteiger partial charge in [0, 0.05) is 0 Å². The highest BCUT2D eigenvalue weighted by molar-refractivity contribution is 5.96. The Morgan fingerprint density at radius 1 is 1.29 bits per heavy atom. The van der Waals surface area contributed by atoms with Gasteiger partial charge in [0.05, 0.1) is 19.2 Å². The van der Waals surface area contributed by atoms with Gasteiger partial charge in [-0.15, -0.1) is 0 Å². The molecular weight excluding hydrogens is 298 g/mol. The van der Waals surface area contributed by atoms with E-state index >= 15 is 0 Å². The molecule has 0 radical (unpaired) electrons. The van der Waals surface area contributed by atoms with E-state index in [4.69, 9.17) is 0 Å². The van der Waals surface area contributed by atoms with Gasteiger partial charge in [0.2, 0.25) is 5.91 Å². The maximum atomic E-state index is 13.3. The van der Waals surface area contributed by atoms with Gasteiger partial charge in [0.1, 0.15) is 5.82 Å². The maximum absolute atomic E-state index is 13.3. The molecule has 1 aromatic rings. The molecule has 0 saturated carbocycles. The van der Waals surface area contributed by atoms with Crippen LogP contribution in [0.2, 0.25) is 0 Å². The predicted molar refractivity (Wildman–Crippen MR) is 62.7 cm³/mol. The fourth-order valence-electron chi connectivity index (χ4n) is 1.45. The average Bonchev–Trinajstić information content (AvgIpc) is 2.39. The number of hydrogen-bond acceptors (Lipinski definition) is 4. The van der Waals surface area contributed by atoms with Crippen molar-refractivity contribution in [1.82, 2.24) is 0 Å². The van der Waals surface area contributed by atoms with Crippen molar-refractivity contribution in [3.05, 3.63) is 30.1 Å². The molecule has 2 N–H and O–H groups in total. The quantitative estimate of drug-likeness (QED) is 0.654. The Balaban J connectivity index is 2.93. The number of amides is 1. The van der Waals surface area contributed by atoms with Gasteiger partial charge >= 0.3 is 12.1 Å². The third kappa shape index (κ3) is 3.69. The molecule has 0 aliphatic carbocycles. The number of alkyl halides is 3. The lowest BCUT2D eigenvalue weighted by Crippen LogP contribution is -2.54. The van der Waals surface area contributed by atoms with Gasteiger partial charge in [0.25, 0.3) is 5.60 Å². The number of carbonyl (C=O) groups is 2. The van der Waals surface area contributed by atoms with Gasteiger partial charge in [-0.05, 0) is 12.1 Å². The minimum absolute atomic E-state index is 0.378. The lowest BCUT2D eigenvalue weighted by molar-refractivity contribution is -0.261. The van der Waals surface area contributed by atoms with Gasteiger partial charge in [-0.25, -0.2) is 9.18 Å². The number of rotatable bonds is 4. The Labute approximate surface area is 116 Å². The molecule has 116 valence electrons. The van der Waals surface area contributed by atoms with Crippen molar-refractivity contribution in [2.24, 2.45) is 0 Å². The largest absolute Gasteiger partial charge is 0.467 e. The summed E-state index contributed by atoms with van der Waals surface area (Å²) in [5, 5.41) is 11.2. The molecule has 0 aliphatic rings. The number of esters is 1. The molecule has 1 rings (SSSR count). The second-order valence-corrected chi connectivity index (χ2v) is 4.05. The van der Waals surface area contributed by atoms with Crippen LogP contribution < -0.4 is 5.32 Å². The second-order valence-electron chi connectivity index (χ2n) is 4.05. The van der Waals surface area contributed by atoms with Crippen LogP contribution in [0, 0.1) is 5.82 Å². The van der Waals surface area contributed by atoms with Crippen LogP contribution in [-0.2, 0) is 14.3 Å². The maximum Gasteiger partial charge on any atom is 0.428 e. The van der Waals surface area contributed by atoms with E-state index in [2.05, 4.69) is 4.74 Å². The standard InChI is InChI=1S/C12H11F4NO4/c1-21-10(19)11(20,12(14,15)16)6-9(18)17-8-5-3-2-4-7(8)13/h2-5,20H,6H2,1H3,(H,17,18)/t11-/m0/s1. The highest BCUT2D eigenvalue weighted by Gasteiger charge is 2.61. The van der Waals surface area contributed by atoms with Gasteiger partial charge in [-0.3, -0.25) is 4.79 Å². The highest BCUT2D eigenvalue weighted by atomic mass is 19.4. The van der Waals surface area contributed by atoms with E-state index in [-0.39, 0.29) is 5.69 Å². The molecule has 1 aromatic carbocycles. The first kappa shape index (κ1) is 16.9. The third-order valence-electron chi connectivity index (χ3n) is 2.56. The number of ether oxygens (including phenoxy) is 1. The Bertz CT molecular complexity index is 546. The Morgan fingerprint density at radius 3 is 2.33 bits per heavy atom. The summed E-state index contributed by atoms with van der Waals surface area (Å²) in [6, 6.07) is 4.74. The molecule has 1 atom stereocenters. The topological polar surface area (TPSA) is 75.6 Å². The number of carbonyl (C=O) groups excluding carboxylic acids is 2. The van der Waals surface area contributed by atoms with Crippen molar-refractivity contribution in [2.75, 3.05) is 12.4 Å². The van der Waals surface area contributed by atoms with Crippen molar-refractivity contribution in [2.45, 2.75) is 18.2 Å². The zero-order valence-electron chi connectivity index (χ0n) is 10.7. The van der Waals surface area contributed by atoms with Crippen LogP contribution in [0.15, 0.2) is 24.3 Å². The van der Waals surface area contributed by atoms with Gasteiger partial charge in [-0.1, -0.05) is 12.1 Å². The monoisotopic (exact) mass is 309 g/mol. The molecule has 0 heterocycles. The predicted octanol–water partition coefficient (Wildman–Crippen LogP) is 1.62. The van der Waals surface area contributed by atoms with Crippen molar-refractivity contribution >= 4 is 17.6 Å². The third-order valence-corrected chi connectivity index (χ3v) is 2.56. The van der Waals surface area contributed by atoms with E-state index in [0.717, 1.165) is 12.1 Å². The van der Waals surface area contributed by atoms with Crippen LogP contribution in [0.25, 0.3) is 0 Å². The zero-order valence-corrected chi connectivity index (χ0v) is 10.7. The van der Waals surface area contributed by atoms with Crippen LogP contribution in [0.5, 0.6) is 0 Å². The number of anilines is 1. The molecule has 0 aromatic heterocycles. The second kappa shape index (κ2) is 6.08. The summed E-state index contributed by atoms with van der Waals surface area (Å²) in [6.07, 6.45) is -7.08. The number of hydrogen-bond donors (Lipinski definition) is 2. The van der Waals surface area contributed by atoms with E-state index in [1.54, 1.807) is 0 Å². The number of methoxy groups -OCH3 is 1. The highest BCUT2D eigenvalue weighted by Crippen LogP contribution is 2.34. The first-order valence-corrected chi connectivity index (χ1v) is 5.53. The summed E-state index contributed by atoms with van der Waals surface area (Å²) < 4.78 is 55.2. The smallest absolute Gasteiger partial charge is 0.428 e. The Hall–Kier alpha value is -2.16. The summed E-state index contributed by atoms with van der Waals surface area (Å²) >= 11 is 0. The van der Waals surface area contributed by atoms with Crippen molar-refractivity contribution in [3.8, 4) is 0 Å². The number of nitrogens with one attached hydrogen (secondary N) is 1. The molecule has 0 fully saturated rings. The van der Waals surface area contributed by atoms with E-state index in [9.17, 15) is 32.3 Å². The fourth-order valence-corrected chi connectivity index (χ4v) is 1.45. The molecule has 0 aliphatic heterocycles. The lowest BCUT2D eigenvalue weighted by atomic mass is 9.98. The number of halogens is 4. The van der Waals surface area contributed by atoms with Gasteiger partial charge in [0.15, 0.2) is 0 Å². The lowest BCUT2D eigenvalue weighted by Gasteiger charge is -2.26. The number of aliphatic hydroxyl groups is 1. The molecule has 0 spiro atoms. The molecule has 0 bridgehead atoms. The van der Waals surface area contributed by atoms with E-state index in [0.29, 0.717) is 7.11 Å². The summed E-state index contributed by atoms with van der Waals surface area (Å²) in [5.41, 5.74) is -4.38. The zero-order chi connectivity index (χ0) is 16.3. The summed E-state index contributed by atoms with van der Waals surface area (Å²) in [6.45, 7) is 0. The van der Waals surface area contributed by atoms with Crippen LogP contribution in [0.1, 0.15) is 6.42 Å². The minimum Gasteiger partial charge on any atom is -0.467 e. The van der Waals surface area contributed by atoms with Crippen LogP contribution in [-0.4, -0.2) is 35.9 Å². The van der Waals surface area contributed by atoms with Gasteiger partial charge in [-0.2, -0.15) is 13.2 Å². The van der Waals surface area contributed by atoms with E-state index < -0.39 is 35.9 Å². The molecular formula is C12H11F4NO4. The Kier molecular flexibility index (Phi) is 4.89. The Morgan fingerprint density at radius 2 is 1.86 bits per heavy atom. The molecule has 9 heteroatoms. The summed E-state index contributed by atoms with van der Waals surface area (Å²) in [7, 11) is 0.633. The summed E-state index contributed by atoms with van der Waals surface area (Å²) in [5.74, 6) is -4.30. The van der Waals surface area contributed by atoms with E-state index in [1.807, 2.05) is 5.32 Å². The molecule has 21 heavy (non-hydrogen) atoms. The number of benzene rings is 1. The normalized spacial score (nSPS) is 14.2. The first-order valence-electron chi connectivity index (χ1n) is 5.53. The SMILES string of the molecule is COC(=O)[C@@](O)(CC(=O)Nc1ccccc1F)C(F)(F)F. The van der Waals surface area contributed by atoms with E-state index in [1.165, 1.54) is 12.1 Å². The fraction of sp³-hybridized carbons (Fsp3) is 0.333. The van der Waals surface area contributed by atoms with Crippen LogP contribution in [0.4, 0.5) is 23.2 Å². The first-order chi connectivity index (χ1) is 9.61. The van der Waals surface area contributed by atoms with Crippen molar-refractivity contribution in [3.63, 3.8) is 0 Å². The molecule has 0 unspecified atom stereocenters. The number of para-hydroxylation sites is 1. The minimum atomic E-state index is -5.42. The van der Waals surface area contributed by atoms with Gasteiger partial charge < -0.3 is 15.2 Å². The molecule has 5 nitrogen and oxygen atoms in total. The molecule has 0 saturated heterocycles. The average molecular weight is 309 g/mol. The molecule has 1 amide bonds. The van der Waals surface area contributed by atoms with Crippen molar-refractivity contribution < 1.29 is 37.0 Å². The van der Waals surface area contributed by atoms with Crippen molar-refractivity contribution in [1.29, 1.82) is 0 Å². The van der Waals surface area contributed by atoms with Crippen LogP contribution in [0.3, 0.4) is 0 Å².